The zero-order chi connectivity index (χ0) is 15.4. The molecule has 0 aromatic heterocycles. The van der Waals surface area contributed by atoms with Crippen molar-refractivity contribution >= 4 is 40.0 Å². The van der Waals surface area contributed by atoms with Gasteiger partial charge in [0.15, 0.2) is 5.96 Å². The van der Waals surface area contributed by atoms with Crippen molar-refractivity contribution in [3.8, 4) is 0 Å². The molecular formula is C13H31IN4O2S. The lowest BCUT2D eigenvalue weighted by atomic mass is 10.2. The van der Waals surface area contributed by atoms with Gasteiger partial charge < -0.3 is 11.1 Å². The summed E-state index contributed by atoms with van der Waals surface area (Å²) in [5, 5.41) is 2.85. The second kappa shape index (κ2) is 13.6. The average molecular weight is 434 g/mol. The molecule has 0 aromatic carbocycles. The van der Waals surface area contributed by atoms with E-state index in [1.165, 1.54) is 17.1 Å². The van der Waals surface area contributed by atoms with Gasteiger partial charge in [-0.25, -0.2) is 12.7 Å². The van der Waals surface area contributed by atoms with Crippen LogP contribution in [0.1, 0.15) is 46.5 Å². The number of hydrogen-bond donors (Lipinski definition) is 2. The molecule has 0 aliphatic heterocycles. The predicted octanol–water partition coefficient (Wildman–Crippen LogP) is 1.76. The minimum atomic E-state index is -3.19. The van der Waals surface area contributed by atoms with Gasteiger partial charge in [-0.2, -0.15) is 0 Å². The highest BCUT2D eigenvalue weighted by Gasteiger charge is 2.17. The van der Waals surface area contributed by atoms with Crippen LogP contribution in [-0.2, 0) is 10.0 Å². The fourth-order valence-corrected chi connectivity index (χ4v) is 3.25. The van der Waals surface area contributed by atoms with E-state index < -0.39 is 10.0 Å². The van der Waals surface area contributed by atoms with Gasteiger partial charge in [0, 0.05) is 26.2 Å². The molecule has 8 heteroatoms. The second-order valence-electron chi connectivity index (χ2n) is 4.65. The molecule has 0 saturated heterocycles. The molecule has 0 bridgehead atoms. The Kier molecular flexibility index (Phi) is 15.0. The third-order valence-electron chi connectivity index (χ3n) is 3.06. The predicted molar refractivity (Wildman–Crippen MR) is 101 cm³/mol. The number of nitrogens with zero attached hydrogens (tertiary/aromatic N) is 2. The number of aliphatic imine (C=N–C) groups is 1. The lowest BCUT2D eigenvalue weighted by Gasteiger charge is -2.18. The highest BCUT2D eigenvalue weighted by Crippen LogP contribution is 2.00. The molecular weight excluding hydrogens is 403 g/mol. The van der Waals surface area contributed by atoms with E-state index >= 15 is 0 Å². The molecule has 0 unspecified atom stereocenters. The lowest BCUT2D eigenvalue weighted by Crippen LogP contribution is -2.39. The van der Waals surface area contributed by atoms with E-state index in [1.807, 2.05) is 13.8 Å². The number of nitrogens with two attached hydrogens (primary N) is 1. The van der Waals surface area contributed by atoms with Gasteiger partial charge in [0.2, 0.25) is 10.0 Å². The molecule has 0 radical (unpaired) electrons. The van der Waals surface area contributed by atoms with Crippen molar-refractivity contribution in [3.63, 3.8) is 0 Å². The largest absolute Gasteiger partial charge is 0.370 e. The van der Waals surface area contributed by atoms with Crippen LogP contribution in [0.4, 0.5) is 0 Å². The third-order valence-corrected chi connectivity index (χ3v) is 5.08. The van der Waals surface area contributed by atoms with Gasteiger partial charge in [0.05, 0.1) is 5.75 Å². The van der Waals surface area contributed by atoms with Gasteiger partial charge in [-0.15, -0.1) is 24.0 Å². The van der Waals surface area contributed by atoms with E-state index in [-0.39, 0.29) is 29.7 Å². The summed E-state index contributed by atoms with van der Waals surface area (Å²) in [6.07, 6.45) is 4.59. The van der Waals surface area contributed by atoms with Crippen LogP contribution in [0.15, 0.2) is 4.99 Å². The highest BCUT2D eigenvalue weighted by atomic mass is 127. The standard InChI is InChI=1S/C13H30N4O2S.HI/c1-4-7-8-9-10-15-13(14)16-11-12-20(18,19)17(5-2)6-3;/h4-12H2,1-3H3,(H3,14,15,16);1H. The van der Waals surface area contributed by atoms with Crippen molar-refractivity contribution in [2.45, 2.75) is 46.5 Å². The summed E-state index contributed by atoms with van der Waals surface area (Å²) in [5.74, 6) is 0.372. The van der Waals surface area contributed by atoms with Crippen LogP contribution in [0.2, 0.25) is 0 Å². The van der Waals surface area contributed by atoms with E-state index in [4.69, 9.17) is 5.73 Å². The maximum atomic E-state index is 11.9. The van der Waals surface area contributed by atoms with E-state index in [1.54, 1.807) is 0 Å². The number of unbranched alkanes of at least 4 members (excludes halogenated alkanes) is 3. The third kappa shape index (κ3) is 11.2. The lowest BCUT2D eigenvalue weighted by molar-refractivity contribution is 0.445. The fraction of sp³-hybridized carbons (Fsp3) is 0.923. The van der Waals surface area contributed by atoms with Crippen LogP contribution < -0.4 is 11.1 Å². The normalized spacial score (nSPS) is 12.3. The highest BCUT2D eigenvalue weighted by molar-refractivity contribution is 14.0. The molecule has 0 amide bonds. The summed E-state index contributed by atoms with van der Waals surface area (Å²) >= 11 is 0. The number of hydrogen-bond acceptors (Lipinski definition) is 3. The Hall–Kier alpha value is -0.0900. The van der Waals surface area contributed by atoms with Crippen LogP contribution in [0.5, 0.6) is 0 Å². The zero-order valence-corrected chi connectivity index (χ0v) is 16.6. The van der Waals surface area contributed by atoms with Crippen molar-refractivity contribution in [1.82, 2.24) is 9.62 Å². The average Bonchev–Trinajstić information content (AvgIpc) is 2.39. The molecule has 0 rings (SSSR count). The van der Waals surface area contributed by atoms with Crippen molar-refractivity contribution in [1.29, 1.82) is 0 Å². The molecule has 3 N–H and O–H groups in total. The number of sulfonamides is 1. The first-order chi connectivity index (χ1) is 9.47. The second-order valence-corrected chi connectivity index (χ2v) is 6.74. The quantitative estimate of drug-likeness (QED) is 0.225. The molecule has 0 spiro atoms. The topological polar surface area (TPSA) is 87.8 Å². The van der Waals surface area contributed by atoms with Crippen LogP contribution in [0.3, 0.4) is 0 Å². The van der Waals surface area contributed by atoms with E-state index in [0.717, 1.165) is 12.8 Å². The maximum Gasteiger partial charge on any atom is 0.215 e. The summed E-state index contributed by atoms with van der Waals surface area (Å²) in [6, 6.07) is 0. The Bertz CT molecular complexity index is 370. The van der Waals surface area contributed by atoms with Crippen molar-refractivity contribution < 1.29 is 8.42 Å². The maximum absolute atomic E-state index is 11.9. The zero-order valence-electron chi connectivity index (χ0n) is 13.5. The number of nitrogens with one attached hydrogen (secondary N) is 1. The number of halogens is 1. The summed E-state index contributed by atoms with van der Waals surface area (Å²) in [4.78, 5) is 4.18. The van der Waals surface area contributed by atoms with Crippen LogP contribution in [0, 0.1) is 0 Å². The first kappa shape index (κ1) is 23.2. The molecule has 0 aromatic rings. The molecule has 0 aliphatic carbocycles. The Morgan fingerprint density at radius 3 is 2.29 bits per heavy atom. The molecule has 0 saturated carbocycles. The Labute approximate surface area is 147 Å². The Morgan fingerprint density at radius 2 is 1.76 bits per heavy atom. The van der Waals surface area contributed by atoms with Gasteiger partial charge in [-0.3, -0.25) is 4.99 Å². The summed E-state index contributed by atoms with van der Waals surface area (Å²) in [7, 11) is -3.19. The monoisotopic (exact) mass is 434 g/mol. The smallest absolute Gasteiger partial charge is 0.215 e. The first-order valence-corrected chi connectivity index (χ1v) is 9.10. The molecule has 0 atom stereocenters. The van der Waals surface area contributed by atoms with E-state index in [0.29, 0.717) is 32.1 Å². The minimum absolute atomic E-state index is 0. The van der Waals surface area contributed by atoms with E-state index in [9.17, 15) is 8.42 Å². The van der Waals surface area contributed by atoms with Crippen LogP contribution >= 0.6 is 24.0 Å². The summed E-state index contributed by atoms with van der Waals surface area (Å²) in [6.45, 7) is 7.82. The van der Waals surface area contributed by atoms with Gasteiger partial charge in [-0.1, -0.05) is 40.0 Å². The summed E-state index contributed by atoms with van der Waals surface area (Å²) in [5.41, 5.74) is 5.69. The molecule has 128 valence electrons. The molecule has 6 nitrogen and oxygen atoms in total. The van der Waals surface area contributed by atoms with Crippen molar-refractivity contribution in [2.75, 3.05) is 31.9 Å². The molecule has 0 heterocycles. The fourth-order valence-electron chi connectivity index (χ4n) is 1.85. The molecule has 21 heavy (non-hydrogen) atoms. The van der Waals surface area contributed by atoms with E-state index in [2.05, 4.69) is 17.2 Å². The number of rotatable bonds is 11. The van der Waals surface area contributed by atoms with Gasteiger partial charge in [0.25, 0.3) is 0 Å². The molecule has 0 fully saturated rings. The Balaban J connectivity index is 0. The van der Waals surface area contributed by atoms with Crippen molar-refractivity contribution in [2.24, 2.45) is 10.7 Å². The molecule has 0 aliphatic rings. The first-order valence-electron chi connectivity index (χ1n) is 7.49. The minimum Gasteiger partial charge on any atom is -0.370 e. The van der Waals surface area contributed by atoms with Crippen LogP contribution in [-0.4, -0.2) is 50.6 Å². The SMILES string of the molecule is CCCCCCN=C(N)NCCS(=O)(=O)N(CC)CC.I. The Morgan fingerprint density at radius 1 is 1.14 bits per heavy atom. The van der Waals surface area contributed by atoms with Gasteiger partial charge >= 0.3 is 0 Å². The van der Waals surface area contributed by atoms with Crippen molar-refractivity contribution in [3.05, 3.63) is 0 Å². The number of guanidine groups is 1. The van der Waals surface area contributed by atoms with Gasteiger partial charge in [0.1, 0.15) is 0 Å². The van der Waals surface area contributed by atoms with Crippen LogP contribution in [0.25, 0.3) is 0 Å². The van der Waals surface area contributed by atoms with Gasteiger partial charge in [-0.05, 0) is 6.42 Å². The summed E-state index contributed by atoms with van der Waals surface area (Å²) < 4.78 is 25.3.